The lowest BCUT2D eigenvalue weighted by atomic mass is 10.4. The van der Waals surface area contributed by atoms with Gasteiger partial charge in [0.25, 0.3) is 0 Å². The number of ether oxygens (including phenoxy) is 3. The van der Waals surface area contributed by atoms with Gasteiger partial charge in [-0.05, 0) is 0 Å². The van der Waals surface area contributed by atoms with Crippen LogP contribution >= 0.6 is 0 Å². The molecule has 0 aliphatic carbocycles. The van der Waals surface area contributed by atoms with Crippen molar-refractivity contribution in [2.24, 2.45) is 17.2 Å². The van der Waals surface area contributed by atoms with E-state index < -0.39 is 18.9 Å². The number of carbonyl (C=O) groups excluding carboxylic acids is 3. The zero-order chi connectivity index (χ0) is 18.5. The lowest BCUT2D eigenvalue weighted by Gasteiger charge is -2.25. The summed E-state index contributed by atoms with van der Waals surface area (Å²) >= 11 is 0. The van der Waals surface area contributed by atoms with Gasteiger partial charge >= 0.3 is 12.2 Å². The number of carbonyl (C=O) groups is 3. The topological polar surface area (TPSA) is 167 Å². The van der Waals surface area contributed by atoms with Gasteiger partial charge in [0.05, 0.1) is 20.0 Å². The lowest BCUT2D eigenvalue weighted by molar-refractivity contribution is -0.134. The van der Waals surface area contributed by atoms with Gasteiger partial charge in [0.1, 0.15) is 6.73 Å². The van der Waals surface area contributed by atoms with Crippen LogP contribution in [0, 0.1) is 0 Å². The molecule has 0 heterocycles. The minimum atomic E-state index is -0.862. The van der Waals surface area contributed by atoms with Crippen molar-refractivity contribution in [3.8, 4) is 0 Å². The maximum atomic E-state index is 11.9. The molecule has 12 nitrogen and oxygen atoms in total. The van der Waals surface area contributed by atoms with Crippen LogP contribution in [-0.4, -0.2) is 80.1 Å². The van der Waals surface area contributed by atoms with E-state index >= 15 is 0 Å². The van der Waals surface area contributed by atoms with Crippen molar-refractivity contribution in [2.75, 3.05) is 47.3 Å². The summed E-state index contributed by atoms with van der Waals surface area (Å²) in [5.74, 6) is -0.269. The summed E-state index contributed by atoms with van der Waals surface area (Å²) in [5.41, 5.74) is 16.2. The molecule has 0 rings (SSSR count). The molecule has 24 heavy (non-hydrogen) atoms. The molecule has 0 aliphatic heterocycles. The normalized spacial score (nSPS) is 10.0. The van der Waals surface area contributed by atoms with E-state index in [1.807, 2.05) is 0 Å². The average molecular weight is 350 g/mol. The van der Waals surface area contributed by atoms with Gasteiger partial charge in [-0.3, -0.25) is 19.5 Å². The van der Waals surface area contributed by atoms with Gasteiger partial charge in [-0.25, -0.2) is 9.59 Å². The molecular formula is C12H26N6O6. The summed E-state index contributed by atoms with van der Waals surface area (Å²) in [7, 11) is 1.39. The highest BCUT2D eigenvalue weighted by molar-refractivity contribution is 5.76. The van der Waals surface area contributed by atoms with Gasteiger partial charge in [0, 0.05) is 13.5 Å². The molecular weight excluding hydrogens is 324 g/mol. The largest absolute Gasteiger partial charge is 0.428 e. The summed E-state index contributed by atoms with van der Waals surface area (Å²) < 4.78 is 14.6. The van der Waals surface area contributed by atoms with Crippen molar-refractivity contribution < 1.29 is 28.6 Å². The van der Waals surface area contributed by atoms with Crippen LogP contribution in [0.2, 0.25) is 0 Å². The second kappa shape index (κ2) is 12.3. The van der Waals surface area contributed by atoms with Crippen molar-refractivity contribution in [2.45, 2.75) is 13.3 Å². The fraction of sp³-hybridized carbons (Fsp3) is 0.750. The van der Waals surface area contributed by atoms with E-state index in [1.54, 1.807) is 6.92 Å². The van der Waals surface area contributed by atoms with Crippen molar-refractivity contribution in [1.29, 1.82) is 0 Å². The summed E-state index contributed by atoms with van der Waals surface area (Å²) in [6.07, 6.45) is -1.42. The van der Waals surface area contributed by atoms with Crippen molar-refractivity contribution >= 4 is 18.1 Å². The van der Waals surface area contributed by atoms with Crippen molar-refractivity contribution in [3.63, 3.8) is 0 Å². The van der Waals surface area contributed by atoms with E-state index in [2.05, 4.69) is 0 Å². The molecule has 0 aliphatic rings. The standard InChI is InChI=1S/C12H26N6O6/c1-3-10(19)16(4-13)8-23-12(21)18(6-15)9-24-11(20)17(5-14)7-22-2/h3-9,13-15H2,1-2H3. The van der Waals surface area contributed by atoms with Crippen LogP contribution in [0.3, 0.4) is 0 Å². The van der Waals surface area contributed by atoms with Gasteiger partial charge in [-0.1, -0.05) is 6.92 Å². The van der Waals surface area contributed by atoms with Crippen LogP contribution in [0.15, 0.2) is 0 Å². The van der Waals surface area contributed by atoms with Crippen LogP contribution in [0.4, 0.5) is 9.59 Å². The summed E-state index contributed by atoms with van der Waals surface area (Å²) in [4.78, 5) is 38.2. The first-order chi connectivity index (χ1) is 11.4. The van der Waals surface area contributed by atoms with Gasteiger partial charge in [0.15, 0.2) is 13.5 Å². The van der Waals surface area contributed by atoms with Crippen LogP contribution in [0.5, 0.6) is 0 Å². The molecule has 6 N–H and O–H groups in total. The Hall–Kier alpha value is -2.15. The monoisotopic (exact) mass is 350 g/mol. The predicted octanol–water partition coefficient (Wildman–Crippen LogP) is -1.63. The maximum absolute atomic E-state index is 11.9. The smallest absolute Gasteiger partial charge is 0.415 e. The lowest BCUT2D eigenvalue weighted by Crippen LogP contribution is -2.44. The molecule has 0 fully saturated rings. The van der Waals surface area contributed by atoms with Gasteiger partial charge < -0.3 is 31.4 Å². The van der Waals surface area contributed by atoms with E-state index in [4.69, 9.17) is 31.4 Å². The minimum absolute atomic E-state index is 0.0625. The quantitative estimate of drug-likeness (QED) is 0.392. The van der Waals surface area contributed by atoms with E-state index in [9.17, 15) is 14.4 Å². The maximum Gasteiger partial charge on any atom is 0.415 e. The number of hydrogen-bond acceptors (Lipinski definition) is 9. The van der Waals surface area contributed by atoms with Gasteiger partial charge in [0.2, 0.25) is 5.91 Å². The second-order valence-corrected chi connectivity index (χ2v) is 4.41. The third-order valence-corrected chi connectivity index (χ3v) is 2.81. The molecule has 0 aromatic rings. The third-order valence-electron chi connectivity index (χ3n) is 2.81. The molecule has 12 heteroatoms. The summed E-state index contributed by atoms with van der Waals surface area (Å²) in [6.45, 7) is 0.339. The molecule has 0 bridgehead atoms. The number of rotatable bonds is 10. The predicted molar refractivity (Wildman–Crippen MR) is 82.6 cm³/mol. The van der Waals surface area contributed by atoms with Crippen LogP contribution in [0.25, 0.3) is 0 Å². The SMILES string of the molecule is CCC(=O)N(CN)COC(=O)N(CN)COC(=O)N(CN)COC. The number of nitrogens with zero attached hydrogens (tertiary/aromatic N) is 3. The molecule has 0 aromatic heterocycles. The Morgan fingerprint density at radius 3 is 1.58 bits per heavy atom. The first-order valence-electron chi connectivity index (χ1n) is 7.15. The second-order valence-electron chi connectivity index (χ2n) is 4.41. The number of nitrogens with two attached hydrogens (primary N) is 3. The molecule has 0 spiro atoms. The van der Waals surface area contributed by atoms with E-state index in [0.29, 0.717) is 0 Å². The zero-order valence-electron chi connectivity index (χ0n) is 14.0. The first kappa shape index (κ1) is 21.9. The van der Waals surface area contributed by atoms with E-state index in [-0.39, 0.29) is 45.8 Å². The molecule has 0 radical (unpaired) electrons. The van der Waals surface area contributed by atoms with Crippen LogP contribution < -0.4 is 17.2 Å². The Kier molecular flexibility index (Phi) is 11.2. The molecule has 0 saturated carbocycles. The number of hydrogen-bond donors (Lipinski definition) is 3. The Bertz CT molecular complexity index is 409. The highest BCUT2D eigenvalue weighted by Crippen LogP contribution is 1.99. The average Bonchev–Trinajstić information content (AvgIpc) is 2.59. The molecule has 0 unspecified atom stereocenters. The molecule has 0 atom stereocenters. The van der Waals surface area contributed by atoms with Crippen molar-refractivity contribution in [1.82, 2.24) is 14.7 Å². The highest BCUT2D eigenvalue weighted by atomic mass is 16.6. The fourth-order valence-corrected chi connectivity index (χ4v) is 1.41. The fourth-order valence-electron chi connectivity index (χ4n) is 1.41. The summed E-state index contributed by atoms with van der Waals surface area (Å²) in [5, 5.41) is 0. The Morgan fingerprint density at radius 1 is 0.792 bits per heavy atom. The first-order valence-corrected chi connectivity index (χ1v) is 7.15. The van der Waals surface area contributed by atoms with Gasteiger partial charge in [-0.15, -0.1) is 0 Å². The van der Waals surface area contributed by atoms with Crippen LogP contribution in [-0.2, 0) is 19.0 Å². The number of methoxy groups -OCH3 is 1. The van der Waals surface area contributed by atoms with Crippen molar-refractivity contribution in [3.05, 3.63) is 0 Å². The zero-order valence-corrected chi connectivity index (χ0v) is 14.0. The minimum Gasteiger partial charge on any atom is -0.428 e. The van der Waals surface area contributed by atoms with Gasteiger partial charge in [-0.2, -0.15) is 0 Å². The van der Waals surface area contributed by atoms with Crippen LogP contribution in [0.1, 0.15) is 13.3 Å². The van der Waals surface area contributed by atoms with E-state index in [0.717, 1.165) is 14.7 Å². The molecule has 0 aromatic carbocycles. The third kappa shape index (κ3) is 7.41. The molecule has 140 valence electrons. The Labute approximate surface area is 140 Å². The highest BCUT2D eigenvalue weighted by Gasteiger charge is 2.20. The molecule has 0 saturated heterocycles. The number of amides is 3. The molecule has 3 amide bonds. The summed E-state index contributed by atoms with van der Waals surface area (Å²) in [6, 6.07) is 0. The Balaban J connectivity index is 4.44. The Morgan fingerprint density at radius 2 is 1.21 bits per heavy atom. The van der Waals surface area contributed by atoms with E-state index in [1.165, 1.54) is 7.11 Å².